The summed E-state index contributed by atoms with van der Waals surface area (Å²) in [4.78, 5) is 15.9. The average Bonchev–Trinajstić information content (AvgIpc) is 3.52. The van der Waals surface area contributed by atoms with Crippen LogP contribution in [0.15, 0.2) is 91.1 Å². The molecule has 0 saturated heterocycles. The van der Waals surface area contributed by atoms with Gasteiger partial charge in [0.2, 0.25) is 0 Å². The molecule has 1 atom stereocenters. The molecule has 0 unspecified atom stereocenters. The SMILES string of the molecule is CCc1nn(-c2ccccc2)c2c1CN(C(=O)Nc1cccc(Cl)c1C)[C@@H](c1cccc(F)c1)c1cccn1-2. The van der Waals surface area contributed by atoms with Gasteiger partial charge in [-0.3, -0.25) is 0 Å². The first-order chi connectivity index (χ1) is 19.0. The largest absolute Gasteiger partial charge is 0.322 e. The zero-order valence-corrected chi connectivity index (χ0v) is 22.4. The van der Waals surface area contributed by atoms with Gasteiger partial charge in [0.25, 0.3) is 0 Å². The Morgan fingerprint density at radius 1 is 1.05 bits per heavy atom. The van der Waals surface area contributed by atoms with Crippen molar-refractivity contribution in [2.75, 3.05) is 5.32 Å². The lowest BCUT2D eigenvalue weighted by molar-refractivity contribution is 0.194. The highest BCUT2D eigenvalue weighted by molar-refractivity contribution is 6.31. The van der Waals surface area contributed by atoms with Crippen molar-refractivity contribution in [3.8, 4) is 11.5 Å². The number of aryl methyl sites for hydroxylation is 1. The third-order valence-corrected chi connectivity index (χ3v) is 7.65. The van der Waals surface area contributed by atoms with E-state index in [0.29, 0.717) is 22.7 Å². The Hall–Kier alpha value is -4.36. The van der Waals surface area contributed by atoms with E-state index in [0.717, 1.165) is 34.0 Å². The third kappa shape index (κ3) is 4.38. The van der Waals surface area contributed by atoms with E-state index in [-0.39, 0.29) is 18.4 Å². The molecule has 8 heteroatoms. The Morgan fingerprint density at radius 3 is 2.62 bits per heavy atom. The second kappa shape index (κ2) is 10.1. The number of anilines is 1. The summed E-state index contributed by atoms with van der Waals surface area (Å²) in [6.07, 6.45) is 2.66. The fraction of sp³-hybridized carbons (Fsp3) is 0.161. The van der Waals surface area contributed by atoms with Crippen LogP contribution in [0.1, 0.15) is 41.0 Å². The molecule has 3 heterocycles. The topological polar surface area (TPSA) is 55.1 Å². The molecule has 0 spiro atoms. The maximum Gasteiger partial charge on any atom is 0.322 e. The predicted molar refractivity (Wildman–Crippen MR) is 151 cm³/mol. The number of nitrogens with zero attached hydrogens (tertiary/aromatic N) is 4. The van der Waals surface area contributed by atoms with Crippen LogP contribution in [-0.2, 0) is 13.0 Å². The van der Waals surface area contributed by atoms with Crippen LogP contribution in [0.5, 0.6) is 0 Å². The first-order valence-electron chi connectivity index (χ1n) is 12.9. The maximum atomic E-state index is 14.6. The second-order valence-corrected chi connectivity index (χ2v) is 9.99. The minimum atomic E-state index is -0.559. The van der Waals surface area contributed by atoms with Crippen molar-refractivity contribution in [1.82, 2.24) is 19.2 Å². The summed E-state index contributed by atoms with van der Waals surface area (Å²) in [6.45, 7) is 4.20. The molecule has 1 aliphatic heterocycles. The first kappa shape index (κ1) is 24.9. The van der Waals surface area contributed by atoms with Crippen molar-refractivity contribution in [2.45, 2.75) is 32.9 Å². The average molecular weight is 540 g/mol. The molecule has 0 saturated carbocycles. The van der Waals surface area contributed by atoms with Crippen molar-refractivity contribution in [1.29, 1.82) is 0 Å². The number of carbonyl (C=O) groups is 1. The fourth-order valence-corrected chi connectivity index (χ4v) is 5.48. The van der Waals surface area contributed by atoms with Gasteiger partial charge in [0, 0.05) is 22.5 Å². The molecule has 0 bridgehead atoms. The van der Waals surface area contributed by atoms with E-state index in [1.165, 1.54) is 12.1 Å². The van der Waals surface area contributed by atoms with E-state index in [1.54, 1.807) is 23.1 Å². The van der Waals surface area contributed by atoms with Crippen LogP contribution < -0.4 is 5.32 Å². The van der Waals surface area contributed by atoms with E-state index in [4.69, 9.17) is 16.7 Å². The minimum Gasteiger partial charge on any atom is -0.307 e. The molecule has 0 aliphatic carbocycles. The smallest absolute Gasteiger partial charge is 0.307 e. The molecule has 3 aromatic carbocycles. The standard InChI is InChI=1S/C31H27ClFN5O/c1-3-26-24-19-37(31(39)34-27-15-8-14-25(32)20(27)2)29(21-10-7-11-22(33)18-21)28-16-9-17-36(28)30(24)38(35-26)23-12-5-4-6-13-23/h4-18,29H,3,19H2,1-2H3,(H,34,39)/t29-/m0/s1. The Bertz CT molecular complexity index is 1680. The molecule has 6 nitrogen and oxygen atoms in total. The minimum absolute atomic E-state index is 0.277. The van der Waals surface area contributed by atoms with Gasteiger partial charge >= 0.3 is 6.03 Å². The highest BCUT2D eigenvalue weighted by Gasteiger charge is 2.36. The zero-order chi connectivity index (χ0) is 27.1. The van der Waals surface area contributed by atoms with Gasteiger partial charge in [-0.15, -0.1) is 0 Å². The van der Waals surface area contributed by atoms with Crippen molar-refractivity contribution in [3.05, 3.63) is 130 Å². The molecule has 1 aliphatic rings. The lowest BCUT2D eigenvalue weighted by Gasteiger charge is -2.31. The number of carbonyl (C=O) groups excluding carboxylic acids is 1. The van der Waals surface area contributed by atoms with Crippen LogP contribution in [0.2, 0.25) is 5.02 Å². The number of para-hydroxylation sites is 1. The zero-order valence-electron chi connectivity index (χ0n) is 21.6. The summed E-state index contributed by atoms with van der Waals surface area (Å²) in [6, 6.07) is 24.9. The summed E-state index contributed by atoms with van der Waals surface area (Å²) >= 11 is 6.35. The van der Waals surface area contributed by atoms with Crippen LogP contribution in [0.25, 0.3) is 11.5 Å². The Kier molecular flexibility index (Phi) is 6.45. The monoisotopic (exact) mass is 539 g/mol. The van der Waals surface area contributed by atoms with Crippen molar-refractivity contribution >= 4 is 23.3 Å². The van der Waals surface area contributed by atoms with Crippen LogP contribution in [0.3, 0.4) is 0 Å². The van der Waals surface area contributed by atoms with Gasteiger partial charge in [-0.2, -0.15) is 5.10 Å². The lowest BCUT2D eigenvalue weighted by atomic mass is 10.0. The second-order valence-electron chi connectivity index (χ2n) is 9.58. The molecule has 2 amide bonds. The van der Waals surface area contributed by atoms with E-state index < -0.39 is 6.04 Å². The van der Waals surface area contributed by atoms with E-state index in [9.17, 15) is 9.18 Å². The van der Waals surface area contributed by atoms with Crippen LogP contribution in [0.4, 0.5) is 14.9 Å². The number of benzene rings is 3. The molecule has 5 aromatic rings. The van der Waals surface area contributed by atoms with Gasteiger partial charge in [-0.25, -0.2) is 13.9 Å². The number of amides is 2. The lowest BCUT2D eigenvalue weighted by Crippen LogP contribution is -2.38. The molecular formula is C31H27ClFN5O. The molecule has 39 heavy (non-hydrogen) atoms. The summed E-state index contributed by atoms with van der Waals surface area (Å²) < 4.78 is 18.6. The Labute approximate surface area is 231 Å². The summed E-state index contributed by atoms with van der Waals surface area (Å²) in [5.41, 5.74) is 5.66. The van der Waals surface area contributed by atoms with Crippen molar-refractivity contribution in [2.24, 2.45) is 0 Å². The number of nitrogens with one attached hydrogen (secondary N) is 1. The van der Waals surface area contributed by atoms with Crippen LogP contribution in [-0.4, -0.2) is 25.3 Å². The number of halogens is 2. The molecule has 0 fully saturated rings. The predicted octanol–water partition coefficient (Wildman–Crippen LogP) is 7.46. The van der Waals surface area contributed by atoms with Gasteiger partial charge in [-0.05, 0) is 73.0 Å². The van der Waals surface area contributed by atoms with Gasteiger partial charge < -0.3 is 14.8 Å². The molecule has 196 valence electrons. The van der Waals surface area contributed by atoms with Crippen LogP contribution >= 0.6 is 11.6 Å². The quantitative estimate of drug-likeness (QED) is 0.258. The molecule has 6 rings (SSSR count). The van der Waals surface area contributed by atoms with E-state index >= 15 is 0 Å². The first-order valence-corrected chi connectivity index (χ1v) is 13.3. The number of rotatable bonds is 4. The summed E-state index contributed by atoms with van der Waals surface area (Å²) in [7, 11) is 0. The Balaban J connectivity index is 1.56. The third-order valence-electron chi connectivity index (χ3n) is 7.24. The van der Waals surface area contributed by atoms with E-state index in [2.05, 4.69) is 16.8 Å². The number of hydrogen-bond donors (Lipinski definition) is 1. The maximum absolute atomic E-state index is 14.6. The van der Waals surface area contributed by atoms with Gasteiger partial charge in [0.1, 0.15) is 11.6 Å². The normalized spacial score (nSPS) is 14.5. The molecular weight excluding hydrogens is 513 g/mol. The van der Waals surface area contributed by atoms with E-state index in [1.807, 2.05) is 72.4 Å². The fourth-order valence-electron chi connectivity index (χ4n) is 5.31. The number of fused-ring (bicyclic) bond motifs is 3. The summed E-state index contributed by atoms with van der Waals surface area (Å²) in [5, 5.41) is 8.61. The molecule has 2 aromatic heterocycles. The van der Waals surface area contributed by atoms with Gasteiger partial charge in [0.05, 0.1) is 29.7 Å². The number of hydrogen-bond acceptors (Lipinski definition) is 2. The number of aromatic nitrogens is 3. The van der Waals surface area contributed by atoms with Crippen molar-refractivity contribution in [3.63, 3.8) is 0 Å². The van der Waals surface area contributed by atoms with Gasteiger partial charge in [-0.1, -0.05) is 54.9 Å². The van der Waals surface area contributed by atoms with Crippen molar-refractivity contribution < 1.29 is 9.18 Å². The number of urea groups is 1. The molecule has 0 radical (unpaired) electrons. The highest BCUT2D eigenvalue weighted by atomic mass is 35.5. The van der Waals surface area contributed by atoms with Gasteiger partial charge in [0.15, 0.2) is 0 Å². The van der Waals surface area contributed by atoms with Crippen LogP contribution in [0, 0.1) is 12.7 Å². The highest BCUT2D eigenvalue weighted by Crippen LogP contribution is 2.39. The Morgan fingerprint density at radius 2 is 1.85 bits per heavy atom. The summed E-state index contributed by atoms with van der Waals surface area (Å²) in [5.74, 6) is 0.511. The molecule has 1 N–H and O–H groups in total.